The molecule has 0 aliphatic carbocycles. The van der Waals surface area contributed by atoms with Gasteiger partial charge in [-0.05, 0) is 31.3 Å². The number of likely N-dealkylation sites (N-methyl/N-ethyl adjacent to an activating group) is 1. The first-order valence-corrected chi connectivity index (χ1v) is 11.8. The number of allylic oxidation sites excluding steroid dienone is 2. The van der Waals surface area contributed by atoms with Gasteiger partial charge < -0.3 is 14.5 Å². The number of morpholine rings is 1. The number of carbonyl (C=O) groups excluding carboxylic acids is 1. The van der Waals surface area contributed by atoms with Crippen molar-refractivity contribution >= 4 is 29.0 Å². The van der Waals surface area contributed by atoms with Gasteiger partial charge in [0.2, 0.25) is 0 Å². The normalized spacial score (nSPS) is 24.4. The smallest absolute Gasteiger partial charge is 0.255 e. The lowest BCUT2D eigenvalue weighted by Crippen LogP contribution is -2.70. The Morgan fingerprint density at radius 2 is 2.09 bits per heavy atom. The minimum Gasteiger partial charge on any atom is -0.377 e. The molecule has 1 unspecified atom stereocenters. The Morgan fingerprint density at radius 3 is 2.78 bits per heavy atom. The van der Waals surface area contributed by atoms with Gasteiger partial charge in [0.15, 0.2) is 5.84 Å². The van der Waals surface area contributed by atoms with E-state index in [1.807, 2.05) is 57.3 Å². The van der Waals surface area contributed by atoms with Gasteiger partial charge in [-0.15, -0.1) is 5.10 Å². The largest absolute Gasteiger partial charge is 0.377 e. The van der Waals surface area contributed by atoms with Crippen LogP contribution in [-0.4, -0.2) is 63.5 Å². The lowest BCUT2D eigenvalue weighted by Gasteiger charge is -2.52. The quantitative estimate of drug-likeness (QED) is 0.681. The first-order valence-electron chi connectivity index (χ1n) is 11.0. The maximum absolute atomic E-state index is 13.4. The average Bonchev–Trinajstić information content (AvgIpc) is 3.32. The Kier molecular flexibility index (Phi) is 6.53. The molecule has 32 heavy (non-hydrogen) atoms. The number of aromatic nitrogens is 2. The van der Waals surface area contributed by atoms with Crippen molar-refractivity contribution in [1.82, 2.24) is 19.4 Å². The zero-order valence-corrected chi connectivity index (χ0v) is 19.9. The van der Waals surface area contributed by atoms with Gasteiger partial charge in [0.25, 0.3) is 5.91 Å². The summed E-state index contributed by atoms with van der Waals surface area (Å²) in [5.41, 5.74) is 2.74. The van der Waals surface area contributed by atoms with Gasteiger partial charge in [-0.3, -0.25) is 4.79 Å². The Hall–Kier alpha value is -2.84. The van der Waals surface area contributed by atoms with Gasteiger partial charge in [0, 0.05) is 19.2 Å². The number of hydrogen-bond donors (Lipinski definition) is 0. The number of benzene rings is 1. The van der Waals surface area contributed by atoms with Gasteiger partial charge in [-0.2, -0.15) is 0 Å². The van der Waals surface area contributed by atoms with E-state index in [0.29, 0.717) is 26.2 Å². The van der Waals surface area contributed by atoms with E-state index in [9.17, 15) is 4.79 Å². The maximum Gasteiger partial charge on any atom is 0.255 e. The van der Waals surface area contributed by atoms with Crippen molar-refractivity contribution in [2.45, 2.75) is 39.2 Å². The van der Waals surface area contributed by atoms with Crippen molar-refractivity contribution in [2.75, 3.05) is 26.8 Å². The third-order valence-electron chi connectivity index (χ3n) is 6.12. The Balaban J connectivity index is 1.86. The number of amidine groups is 1. The highest BCUT2D eigenvalue weighted by atomic mass is 32.1. The number of amides is 1. The van der Waals surface area contributed by atoms with Crippen LogP contribution < -0.4 is 0 Å². The molecule has 7 nitrogen and oxygen atoms in total. The maximum atomic E-state index is 13.4. The molecule has 1 amide bonds. The average molecular weight is 452 g/mol. The molecule has 1 aromatic carbocycles. The molecule has 2 aromatic rings. The predicted octanol–water partition coefficient (Wildman–Crippen LogP) is 4.21. The summed E-state index contributed by atoms with van der Waals surface area (Å²) in [6.45, 7) is 7.63. The number of carbonyl (C=O) groups is 1. The molecule has 3 heterocycles. The van der Waals surface area contributed by atoms with E-state index >= 15 is 0 Å². The van der Waals surface area contributed by atoms with Crippen LogP contribution in [0.1, 0.15) is 38.5 Å². The molecule has 8 heteroatoms. The fourth-order valence-electron chi connectivity index (χ4n) is 4.41. The second kappa shape index (κ2) is 9.34. The number of ether oxygens (including phenoxy) is 1. The Bertz CT molecular complexity index is 1080. The summed E-state index contributed by atoms with van der Waals surface area (Å²) >= 11 is 1.35. The van der Waals surface area contributed by atoms with Crippen LogP contribution in [0.2, 0.25) is 0 Å². The molecule has 1 atom stereocenters. The van der Waals surface area contributed by atoms with E-state index in [1.165, 1.54) is 11.5 Å². The Morgan fingerprint density at radius 1 is 1.31 bits per heavy atom. The summed E-state index contributed by atoms with van der Waals surface area (Å²) in [6.07, 6.45) is 5.53. The van der Waals surface area contributed by atoms with E-state index in [2.05, 4.69) is 27.5 Å². The van der Waals surface area contributed by atoms with Gasteiger partial charge in [0.05, 0.1) is 24.6 Å². The molecular formula is C24H29N5O2S. The van der Waals surface area contributed by atoms with E-state index in [-0.39, 0.29) is 5.91 Å². The van der Waals surface area contributed by atoms with Crippen LogP contribution >= 0.6 is 11.5 Å². The van der Waals surface area contributed by atoms with Crippen LogP contribution in [0.5, 0.6) is 0 Å². The van der Waals surface area contributed by atoms with Crippen LogP contribution in [-0.2, 0) is 9.53 Å². The predicted molar refractivity (Wildman–Crippen MR) is 128 cm³/mol. The molecule has 2 aliphatic rings. The van der Waals surface area contributed by atoms with Gasteiger partial charge in [-0.1, -0.05) is 60.8 Å². The van der Waals surface area contributed by atoms with Crippen molar-refractivity contribution in [2.24, 2.45) is 4.99 Å². The van der Waals surface area contributed by atoms with Crippen molar-refractivity contribution in [1.29, 1.82) is 0 Å². The van der Waals surface area contributed by atoms with Gasteiger partial charge >= 0.3 is 0 Å². The molecule has 0 bridgehead atoms. The summed E-state index contributed by atoms with van der Waals surface area (Å²) in [5, 5.41) is 4.41. The molecule has 1 aromatic heterocycles. The zero-order valence-electron chi connectivity index (χ0n) is 19.0. The van der Waals surface area contributed by atoms with Gasteiger partial charge in [0.1, 0.15) is 16.1 Å². The molecule has 2 saturated heterocycles. The number of piperazine rings is 1. The summed E-state index contributed by atoms with van der Waals surface area (Å²) in [5.74, 6) is 0.851. The van der Waals surface area contributed by atoms with Crippen molar-refractivity contribution in [3.8, 4) is 11.3 Å². The monoisotopic (exact) mass is 451 g/mol. The second-order valence-electron chi connectivity index (χ2n) is 7.88. The van der Waals surface area contributed by atoms with Crippen LogP contribution in [0.15, 0.2) is 53.2 Å². The summed E-state index contributed by atoms with van der Waals surface area (Å²) in [4.78, 5) is 23.4. The standard InChI is InChI=1S/C24H29N5O2S/c1-5-11-18(21-20(26-27-32-21)17-12-9-8-10-13-17)25-22-19(6-2)28(4)23(30)24(7-3)16-31-15-14-29(22)24/h6,8-13H,5,7,14-16H2,1-4H3. The number of fused-ring (bicyclic) bond motifs is 1. The number of rotatable bonds is 5. The first kappa shape index (κ1) is 22.4. The fraction of sp³-hybridized carbons (Fsp3) is 0.417. The van der Waals surface area contributed by atoms with Crippen LogP contribution in [0.4, 0.5) is 0 Å². The summed E-state index contributed by atoms with van der Waals surface area (Å²) < 4.78 is 10.0. The third-order valence-corrected chi connectivity index (χ3v) is 6.86. The van der Waals surface area contributed by atoms with Crippen molar-refractivity contribution < 1.29 is 9.53 Å². The Labute approximate surface area is 193 Å². The lowest BCUT2D eigenvalue weighted by atomic mass is 9.88. The molecule has 2 fully saturated rings. The molecule has 2 aliphatic heterocycles. The lowest BCUT2D eigenvalue weighted by molar-refractivity contribution is -0.151. The van der Waals surface area contributed by atoms with E-state index < -0.39 is 5.54 Å². The first-order chi connectivity index (χ1) is 15.6. The number of aliphatic imine (C=N–C) groups is 1. The minimum atomic E-state index is -0.732. The highest BCUT2D eigenvalue weighted by molar-refractivity contribution is 7.07. The number of hydrogen-bond acceptors (Lipinski definition) is 6. The molecule has 4 rings (SSSR count). The van der Waals surface area contributed by atoms with E-state index in [4.69, 9.17) is 9.73 Å². The highest BCUT2D eigenvalue weighted by Gasteiger charge is 2.53. The number of nitrogens with zero attached hydrogens (tertiary/aromatic N) is 5. The topological polar surface area (TPSA) is 70.9 Å². The molecule has 0 saturated carbocycles. The summed E-state index contributed by atoms with van der Waals surface area (Å²) in [7, 11) is 1.82. The van der Waals surface area contributed by atoms with Crippen LogP contribution in [0.25, 0.3) is 17.0 Å². The van der Waals surface area contributed by atoms with Crippen molar-refractivity contribution in [3.05, 3.63) is 53.1 Å². The fourth-order valence-corrected chi connectivity index (χ4v) is 5.08. The van der Waals surface area contributed by atoms with Gasteiger partial charge in [-0.25, -0.2) is 4.99 Å². The summed E-state index contributed by atoms with van der Waals surface area (Å²) in [6, 6.07) is 10.0. The molecular weight excluding hydrogens is 422 g/mol. The van der Waals surface area contributed by atoms with E-state index in [1.54, 1.807) is 4.90 Å². The van der Waals surface area contributed by atoms with Crippen LogP contribution in [0.3, 0.4) is 0 Å². The molecule has 0 N–H and O–H groups in total. The van der Waals surface area contributed by atoms with Crippen molar-refractivity contribution in [3.63, 3.8) is 0 Å². The minimum absolute atomic E-state index is 0.0530. The second-order valence-corrected chi connectivity index (χ2v) is 8.63. The molecule has 168 valence electrons. The SMILES string of the molecule is CC=C1C(=NC(=CCC)c2snnc2-c2ccccc2)N2CCOCC2(CC)C(=O)N1C. The molecule has 0 radical (unpaired) electrons. The van der Waals surface area contributed by atoms with E-state index in [0.717, 1.165) is 39.8 Å². The highest BCUT2D eigenvalue weighted by Crippen LogP contribution is 2.37. The third kappa shape index (κ3) is 3.67. The van der Waals surface area contributed by atoms with Crippen LogP contribution in [0, 0.1) is 0 Å². The molecule has 0 spiro atoms. The zero-order chi connectivity index (χ0) is 22.7.